The largest absolute Gasteiger partial charge is 0.314 e. The van der Waals surface area contributed by atoms with Gasteiger partial charge in [-0.05, 0) is 25.8 Å². The van der Waals surface area contributed by atoms with Crippen LogP contribution < -0.4 is 10.6 Å². The van der Waals surface area contributed by atoms with E-state index in [1.807, 2.05) is 5.38 Å². The van der Waals surface area contributed by atoms with E-state index in [1.54, 1.807) is 0 Å². The van der Waals surface area contributed by atoms with Crippen molar-refractivity contribution in [3.8, 4) is 0 Å². The van der Waals surface area contributed by atoms with Crippen LogP contribution in [0.25, 0.3) is 0 Å². The Morgan fingerprint density at radius 2 is 2.30 bits per heavy atom. The van der Waals surface area contributed by atoms with Gasteiger partial charge in [0.2, 0.25) is 5.91 Å². The summed E-state index contributed by atoms with van der Waals surface area (Å²) in [4.78, 5) is 16.4. The maximum Gasteiger partial charge on any atom is 0.226 e. The van der Waals surface area contributed by atoms with Crippen molar-refractivity contribution in [3.63, 3.8) is 0 Å². The smallest absolute Gasteiger partial charge is 0.226 e. The van der Waals surface area contributed by atoms with Crippen LogP contribution in [0.1, 0.15) is 58.6 Å². The van der Waals surface area contributed by atoms with Crippen LogP contribution in [0.3, 0.4) is 0 Å². The van der Waals surface area contributed by atoms with E-state index in [0.717, 1.165) is 23.8 Å². The van der Waals surface area contributed by atoms with Gasteiger partial charge in [-0.25, -0.2) is 4.98 Å². The number of aromatic nitrogens is 1. The average molecular weight is 295 g/mol. The summed E-state index contributed by atoms with van der Waals surface area (Å²) >= 11 is 1.51. The van der Waals surface area contributed by atoms with Crippen LogP contribution in [0.5, 0.6) is 0 Å². The number of thiazole rings is 1. The van der Waals surface area contributed by atoms with Gasteiger partial charge in [0.05, 0.1) is 5.69 Å². The summed E-state index contributed by atoms with van der Waals surface area (Å²) in [7, 11) is 0. The van der Waals surface area contributed by atoms with Gasteiger partial charge in [-0.15, -0.1) is 11.3 Å². The lowest BCUT2D eigenvalue weighted by Gasteiger charge is -2.22. The van der Waals surface area contributed by atoms with Gasteiger partial charge in [-0.2, -0.15) is 0 Å². The Kier molecular flexibility index (Phi) is 5.16. The maximum atomic E-state index is 11.9. The Labute approximate surface area is 125 Å². The SMILES string of the molecule is CC(C)(C)c1csc(NC(=O)CCC2CCCCN2)n1. The minimum absolute atomic E-state index is 0.0332. The Morgan fingerprint density at radius 3 is 2.90 bits per heavy atom. The molecule has 1 aromatic heterocycles. The molecule has 0 spiro atoms. The summed E-state index contributed by atoms with van der Waals surface area (Å²) in [6.07, 6.45) is 5.22. The first kappa shape index (κ1) is 15.4. The van der Waals surface area contributed by atoms with E-state index in [0.29, 0.717) is 12.5 Å². The number of hydrogen-bond donors (Lipinski definition) is 2. The summed E-state index contributed by atoms with van der Waals surface area (Å²) < 4.78 is 0. The standard InChI is InChI=1S/C15H25N3OS/c1-15(2,3)12-10-20-14(17-12)18-13(19)8-7-11-6-4-5-9-16-11/h10-11,16H,4-9H2,1-3H3,(H,17,18,19). The van der Waals surface area contributed by atoms with Crippen LogP contribution in [0, 0.1) is 0 Å². The van der Waals surface area contributed by atoms with Gasteiger partial charge in [0.25, 0.3) is 0 Å². The van der Waals surface area contributed by atoms with Crippen LogP contribution in [-0.4, -0.2) is 23.5 Å². The third kappa shape index (κ3) is 4.56. The van der Waals surface area contributed by atoms with Gasteiger partial charge in [0.15, 0.2) is 5.13 Å². The number of rotatable bonds is 4. The Balaban J connectivity index is 1.77. The zero-order valence-electron chi connectivity index (χ0n) is 12.7. The number of carbonyl (C=O) groups is 1. The third-order valence-corrected chi connectivity index (χ3v) is 4.41. The van der Waals surface area contributed by atoms with Gasteiger partial charge in [-0.1, -0.05) is 27.2 Å². The Morgan fingerprint density at radius 1 is 1.50 bits per heavy atom. The monoisotopic (exact) mass is 295 g/mol. The maximum absolute atomic E-state index is 11.9. The highest BCUT2D eigenvalue weighted by Gasteiger charge is 2.18. The van der Waals surface area contributed by atoms with Crippen LogP contribution in [0.2, 0.25) is 0 Å². The highest BCUT2D eigenvalue weighted by atomic mass is 32.1. The lowest BCUT2D eigenvalue weighted by atomic mass is 9.93. The molecule has 0 aliphatic carbocycles. The van der Waals surface area contributed by atoms with Crippen molar-refractivity contribution in [1.29, 1.82) is 0 Å². The number of amides is 1. The summed E-state index contributed by atoms with van der Waals surface area (Å²) in [5.41, 5.74) is 1.07. The second kappa shape index (κ2) is 6.68. The molecule has 5 heteroatoms. The lowest BCUT2D eigenvalue weighted by molar-refractivity contribution is -0.116. The molecule has 1 atom stereocenters. The number of carbonyl (C=O) groups excluding carboxylic acids is 1. The minimum Gasteiger partial charge on any atom is -0.314 e. The molecule has 1 fully saturated rings. The molecule has 112 valence electrons. The summed E-state index contributed by atoms with van der Waals surface area (Å²) in [5.74, 6) is 0.0761. The Bertz CT molecular complexity index is 444. The van der Waals surface area contributed by atoms with E-state index in [1.165, 1.54) is 30.6 Å². The second-order valence-electron chi connectivity index (χ2n) is 6.52. The van der Waals surface area contributed by atoms with Crippen molar-refractivity contribution in [2.45, 2.75) is 64.3 Å². The predicted octanol–water partition coefficient (Wildman–Crippen LogP) is 3.30. The first-order valence-corrected chi connectivity index (χ1v) is 8.32. The molecule has 1 aromatic rings. The molecular formula is C15H25N3OS. The zero-order chi connectivity index (χ0) is 14.6. The molecule has 1 amide bonds. The molecule has 0 saturated carbocycles. The van der Waals surface area contributed by atoms with E-state index in [2.05, 4.69) is 36.4 Å². The van der Waals surface area contributed by atoms with Gasteiger partial charge in [0, 0.05) is 23.3 Å². The van der Waals surface area contributed by atoms with E-state index in [4.69, 9.17) is 0 Å². The molecule has 1 unspecified atom stereocenters. The first-order chi connectivity index (χ1) is 9.45. The molecule has 0 radical (unpaired) electrons. The van der Waals surface area contributed by atoms with Gasteiger partial charge in [0.1, 0.15) is 0 Å². The highest BCUT2D eigenvalue weighted by molar-refractivity contribution is 7.13. The summed E-state index contributed by atoms with van der Waals surface area (Å²) in [5, 5.41) is 9.13. The molecule has 0 bridgehead atoms. The third-order valence-electron chi connectivity index (χ3n) is 3.65. The van der Waals surface area contributed by atoms with Crippen molar-refractivity contribution >= 4 is 22.4 Å². The van der Waals surface area contributed by atoms with Crippen LogP contribution >= 0.6 is 11.3 Å². The summed E-state index contributed by atoms with van der Waals surface area (Å²) in [6, 6.07) is 0.510. The Hall–Kier alpha value is -0.940. The fourth-order valence-electron chi connectivity index (χ4n) is 2.33. The van der Waals surface area contributed by atoms with Crippen LogP contribution in [-0.2, 0) is 10.2 Å². The molecule has 1 aliphatic rings. The quantitative estimate of drug-likeness (QED) is 0.896. The van der Waals surface area contributed by atoms with E-state index < -0.39 is 0 Å². The van der Waals surface area contributed by atoms with Gasteiger partial charge >= 0.3 is 0 Å². The second-order valence-corrected chi connectivity index (χ2v) is 7.38. The van der Waals surface area contributed by atoms with Crippen molar-refractivity contribution in [1.82, 2.24) is 10.3 Å². The fraction of sp³-hybridized carbons (Fsp3) is 0.733. The fourth-order valence-corrected chi connectivity index (χ4v) is 3.29. The van der Waals surface area contributed by atoms with E-state index in [9.17, 15) is 4.79 Å². The summed E-state index contributed by atoms with van der Waals surface area (Å²) in [6.45, 7) is 7.47. The lowest BCUT2D eigenvalue weighted by Crippen LogP contribution is -2.34. The number of nitrogens with one attached hydrogen (secondary N) is 2. The van der Waals surface area contributed by atoms with Crippen LogP contribution in [0.15, 0.2) is 5.38 Å². The number of anilines is 1. The number of nitrogens with zero attached hydrogens (tertiary/aromatic N) is 1. The molecule has 1 aliphatic heterocycles. The van der Waals surface area contributed by atoms with Crippen molar-refractivity contribution in [2.75, 3.05) is 11.9 Å². The van der Waals surface area contributed by atoms with Crippen molar-refractivity contribution in [3.05, 3.63) is 11.1 Å². The number of hydrogen-bond acceptors (Lipinski definition) is 4. The molecule has 1 saturated heterocycles. The van der Waals surface area contributed by atoms with E-state index >= 15 is 0 Å². The number of piperidine rings is 1. The zero-order valence-corrected chi connectivity index (χ0v) is 13.5. The van der Waals surface area contributed by atoms with Crippen molar-refractivity contribution in [2.24, 2.45) is 0 Å². The molecule has 0 aromatic carbocycles. The molecular weight excluding hydrogens is 270 g/mol. The molecule has 20 heavy (non-hydrogen) atoms. The van der Waals surface area contributed by atoms with E-state index in [-0.39, 0.29) is 11.3 Å². The first-order valence-electron chi connectivity index (χ1n) is 7.44. The molecule has 2 N–H and O–H groups in total. The highest BCUT2D eigenvalue weighted by Crippen LogP contribution is 2.26. The molecule has 2 heterocycles. The topological polar surface area (TPSA) is 54.0 Å². The molecule has 2 rings (SSSR count). The normalized spacial score (nSPS) is 19.9. The van der Waals surface area contributed by atoms with Crippen LogP contribution in [0.4, 0.5) is 5.13 Å². The van der Waals surface area contributed by atoms with Crippen molar-refractivity contribution < 1.29 is 4.79 Å². The molecule has 4 nitrogen and oxygen atoms in total. The predicted molar refractivity (Wildman–Crippen MR) is 84.3 cm³/mol. The minimum atomic E-state index is 0.0332. The van der Waals surface area contributed by atoms with Gasteiger partial charge < -0.3 is 10.6 Å². The van der Waals surface area contributed by atoms with Gasteiger partial charge in [-0.3, -0.25) is 4.79 Å². The average Bonchev–Trinajstić information content (AvgIpc) is 2.86.